The molecule has 10 nitrogen and oxygen atoms in total. The summed E-state index contributed by atoms with van der Waals surface area (Å²) < 4.78 is 25.2. The largest absolute Gasteiger partial charge is 0.462 e. The van der Waals surface area contributed by atoms with Gasteiger partial charge in [0.15, 0.2) is 0 Å². The fourth-order valence-corrected chi connectivity index (χ4v) is 6.70. The first-order valence-corrected chi connectivity index (χ1v) is 15.6. The van der Waals surface area contributed by atoms with Gasteiger partial charge in [0.25, 0.3) is 0 Å². The van der Waals surface area contributed by atoms with Gasteiger partial charge in [-0.05, 0) is 37.1 Å². The van der Waals surface area contributed by atoms with Gasteiger partial charge in [-0.15, -0.1) is 0 Å². The van der Waals surface area contributed by atoms with E-state index in [1.165, 1.54) is 6.08 Å². The topological polar surface area (TPSA) is 78.6 Å². The van der Waals surface area contributed by atoms with Gasteiger partial charge in [-0.3, -0.25) is 9.69 Å². The van der Waals surface area contributed by atoms with Gasteiger partial charge in [0.05, 0.1) is 36.0 Å². The monoisotopic (exact) mass is 633 g/mol. The molecule has 1 aromatic heterocycles. The zero-order chi connectivity index (χ0) is 31.6. The summed E-state index contributed by atoms with van der Waals surface area (Å²) >= 11 is 6.69. The Kier molecular flexibility index (Phi) is 9.08. The average Bonchev–Trinajstić information content (AvgIpc) is 3.03. The third kappa shape index (κ3) is 6.02. The number of carbonyl (C=O) groups is 1. The Labute approximate surface area is 267 Å². The maximum atomic E-state index is 13.8. The lowest BCUT2D eigenvalue weighted by Crippen LogP contribution is -2.63. The Balaban J connectivity index is 1.30. The minimum Gasteiger partial charge on any atom is -0.462 e. The number of halogens is 2. The van der Waals surface area contributed by atoms with Gasteiger partial charge in [-0.2, -0.15) is 9.97 Å². The van der Waals surface area contributed by atoms with Crippen LogP contribution in [0.3, 0.4) is 0 Å². The van der Waals surface area contributed by atoms with Crippen molar-refractivity contribution in [3.05, 3.63) is 76.8 Å². The molecule has 3 aliphatic rings. The molecule has 0 unspecified atom stereocenters. The molecule has 12 heteroatoms. The van der Waals surface area contributed by atoms with Crippen molar-refractivity contribution < 1.29 is 18.7 Å². The predicted molar refractivity (Wildman–Crippen MR) is 173 cm³/mol. The average molecular weight is 634 g/mol. The maximum Gasteiger partial charge on any atom is 0.318 e. The van der Waals surface area contributed by atoms with Crippen molar-refractivity contribution in [2.75, 3.05) is 82.6 Å². The molecule has 3 aliphatic heterocycles. The molecule has 0 N–H and O–H groups in total. The number of aromatic nitrogens is 2. The van der Waals surface area contributed by atoms with E-state index in [-0.39, 0.29) is 31.1 Å². The Morgan fingerprint density at radius 1 is 1.24 bits per heavy atom. The number of alkyl halides is 1. The normalized spacial score (nSPS) is 19.2. The lowest BCUT2D eigenvalue weighted by atomic mass is 9.97. The standard InChI is InChI=1S/C33H37ClFN7O3/c1-4-29(43)42-14-13-41(18-24(42)17-36-2)31-25-11-12-40(28-10-6-8-23-7-5-9-26(34)30(23)28)19-27(25)37-32(38-31)45-16-15-39(3)33(20-35)21-44-22-33/h4-10,24H,1,11-22H2,3H3/t24-/m0/s1. The van der Waals surface area contributed by atoms with Crippen LogP contribution in [-0.2, 0) is 22.5 Å². The van der Waals surface area contributed by atoms with Crippen LogP contribution < -0.4 is 14.5 Å². The van der Waals surface area contributed by atoms with Crippen molar-refractivity contribution in [1.29, 1.82) is 0 Å². The highest BCUT2D eigenvalue weighted by Gasteiger charge is 2.42. The van der Waals surface area contributed by atoms with Gasteiger partial charge >= 0.3 is 6.01 Å². The highest BCUT2D eigenvalue weighted by Crippen LogP contribution is 2.37. The zero-order valence-corrected chi connectivity index (χ0v) is 26.2. The van der Waals surface area contributed by atoms with Crippen molar-refractivity contribution in [1.82, 2.24) is 19.8 Å². The molecule has 1 amide bonds. The van der Waals surface area contributed by atoms with Gasteiger partial charge in [-0.25, -0.2) is 11.0 Å². The van der Waals surface area contributed by atoms with Crippen molar-refractivity contribution in [3.8, 4) is 6.01 Å². The van der Waals surface area contributed by atoms with E-state index in [1.54, 1.807) is 4.90 Å². The van der Waals surface area contributed by atoms with E-state index in [4.69, 9.17) is 37.6 Å². The molecule has 236 valence electrons. The molecule has 0 aliphatic carbocycles. The zero-order valence-electron chi connectivity index (χ0n) is 25.4. The number of carbonyl (C=O) groups excluding carboxylic acids is 1. The summed E-state index contributed by atoms with van der Waals surface area (Å²) in [4.78, 5) is 34.1. The van der Waals surface area contributed by atoms with E-state index in [0.717, 1.165) is 40.1 Å². The lowest BCUT2D eigenvalue weighted by molar-refractivity contribution is -0.142. The highest BCUT2D eigenvalue weighted by atomic mass is 35.5. The first kappa shape index (κ1) is 31.0. The van der Waals surface area contributed by atoms with Crippen LogP contribution in [0.1, 0.15) is 11.3 Å². The highest BCUT2D eigenvalue weighted by molar-refractivity contribution is 6.36. The van der Waals surface area contributed by atoms with Crippen LogP contribution in [0.4, 0.5) is 15.9 Å². The Bertz CT molecular complexity index is 1620. The quantitative estimate of drug-likeness (QED) is 0.245. The molecule has 1 atom stereocenters. The second kappa shape index (κ2) is 13.2. The first-order valence-electron chi connectivity index (χ1n) is 15.2. The van der Waals surface area contributed by atoms with Gasteiger partial charge in [0, 0.05) is 49.4 Å². The third-order valence-corrected chi connectivity index (χ3v) is 9.51. The Morgan fingerprint density at radius 3 is 2.76 bits per heavy atom. The molecular formula is C33H37ClFN7O3. The summed E-state index contributed by atoms with van der Waals surface area (Å²) in [5.74, 6) is 0.598. The third-order valence-electron chi connectivity index (χ3n) is 9.20. The maximum absolute atomic E-state index is 13.8. The second-order valence-corrected chi connectivity index (χ2v) is 12.2. The molecule has 0 spiro atoms. The number of nitrogens with zero attached hydrogens (tertiary/aromatic N) is 7. The van der Waals surface area contributed by atoms with Crippen LogP contribution in [0, 0.1) is 6.57 Å². The first-order chi connectivity index (χ1) is 21.9. The molecule has 2 fully saturated rings. The Morgan fingerprint density at radius 2 is 2.04 bits per heavy atom. The molecule has 45 heavy (non-hydrogen) atoms. The van der Waals surface area contributed by atoms with Crippen LogP contribution in [-0.4, -0.2) is 110 Å². The van der Waals surface area contributed by atoms with Crippen LogP contribution in [0.25, 0.3) is 15.6 Å². The number of piperazine rings is 1. The number of hydrogen-bond donors (Lipinski definition) is 0. The molecule has 2 saturated heterocycles. The van der Waals surface area contributed by atoms with Crippen molar-refractivity contribution in [2.24, 2.45) is 0 Å². The lowest BCUT2D eigenvalue weighted by Gasteiger charge is -2.46. The summed E-state index contributed by atoms with van der Waals surface area (Å²) in [6.07, 6.45) is 2.01. The van der Waals surface area contributed by atoms with Crippen molar-refractivity contribution in [2.45, 2.75) is 24.5 Å². The number of amides is 1. The molecule has 6 rings (SSSR count). The summed E-state index contributed by atoms with van der Waals surface area (Å²) in [6.45, 7) is 15.1. The predicted octanol–water partition coefficient (Wildman–Crippen LogP) is 4.02. The molecular weight excluding hydrogens is 597 g/mol. The van der Waals surface area contributed by atoms with Gasteiger partial charge < -0.3 is 29.0 Å². The molecule has 4 heterocycles. The summed E-state index contributed by atoms with van der Waals surface area (Å²) in [5.41, 5.74) is 2.33. The van der Waals surface area contributed by atoms with Gasteiger partial charge in [0.2, 0.25) is 12.5 Å². The number of benzene rings is 2. The minimum absolute atomic E-state index is 0.173. The van der Waals surface area contributed by atoms with Crippen LogP contribution >= 0.6 is 11.6 Å². The number of anilines is 2. The number of hydrogen-bond acceptors (Lipinski definition) is 8. The Hall–Kier alpha value is -3.98. The summed E-state index contributed by atoms with van der Waals surface area (Å²) in [7, 11) is 1.87. The molecule has 2 aromatic carbocycles. The van der Waals surface area contributed by atoms with Crippen molar-refractivity contribution >= 4 is 39.8 Å². The van der Waals surface area contributed by atoms with Crippen LogP contribution in [0.5, 0.6) is 6.01 Å². The van der Waals surface area contributed by atoms with Gasteiger partial charge in [0.1, 0.15) is 25.1 Å². The summed E-state index contributed by atoms with van der Waals surface area (Å²) in [6, 6.07) is 12.1. The van der Waals surface area contributed by atoms with E-state index in [0.29, 0.717) is 57.4 Å². The summed E-state index contributed by atoms with van der Waals surface area (Å²) in [5, 5.41) is 2.78. The fourth-order valence-electron chi connectivity index (χ4n) is 6.42. The van der Waals surface area contributed by atoms with E-state index >= 15 is 0 Å². The fraction of sp³-hybridized carbons (Fsp3) is 0.455. The molecule has 3 aromatic rings. The van der Waals surface area contributed by atoms with E-state index < -0.39 is 12.2 Å². The number of likely N-dealkylation sites (N-methyl/N-ethyl adjacent to an activating group) is 1. The number of fused-ring (bicyclic) bond motifs is 2. The SMILES string of the molecule is [C-]#[N+]C[C@H]1CN(c2nc(OCCN(C)C3(CF)COC3)nc3c2CCN(c2cccc4cccc(Cl)c24)C3)CCN1C(=O)C=C. The molecule has 0 saturated carbocycles. The van der Waals surface area contributed by atoms with Crippen LogP contribution in [0.2, 0.25) is 5.02 Å². The van der Waals surface area contributed by atoms with E-state index in [1.807, 2.05) is 30.1 Å². The van der Waals surface area contributed by atoms with E-state index in [9.17, 15) is 9.18 Å². The van der Waals surface area contributed by atoms with Gasteiger partial charge in [-0.1, -0.05) is 42.4 Å². The molecule has 0 bridgehead atoms. The molecule has 0 radical (unpaired) electrons. The van der Waals surface area contributed by atoms with Crippen LogP contribution in [0.15, 0.2) is 49.1 Å². The number of rotatable bonds is 10. The number of ether oxygens (including phenoxy) is 2. The van der Waals surface area contributed by atoms with E-state index in [2.05, 4.69) is 39.4 Å². The smallest absolute Gasteiger partial charge is 0.318 e. The minimum atomic E-state index is -0.605. The van der Waals surface area contributed by atoms with Crippen molar-refractivity contribution in [3.63, 3.8) is 0 Å². The second-order valence-electron chi connectivity index (χ2n) is 11.8.